The van der Waals surface area contributed by atoms with Crippen molar-refractivity contribution in [3.05, 3.63) is 80.6 Å². The number of allylic oxidation sites excluding steroid dienone is 1. The molecule has 2 N–H and O–H groups in total. The summed E-state index contributed by atoms with van der Waals surface area (Å²) in [5.41, 5.74) is 6.70. The van der Waals surface area contributed by atoms with E-state index < -0.39 is 29.2 Å². The van der Waals surface area contributed by atoms with Crippen LogP contribution in [0.25, 0.3) is 0 Å². The molecule has 0 amide bonds. The van der Waals surface area contributed by atoms with Crippen molar-refractivity contribution in [3.63, 3.8) is 0 Å². The minimum absolute atomic E-state index is 0.00681. The van der Waals surface area contributed by atoms with Crippen molar-refractivity contribution in [2.45, 2.75) is 69.0 Å². The van der Waals surface area contributed by atoms with Gasteiger partial charge in [-0.15, -0.1) is 0 Å². The van der Waals surface area contributed by atoms with Gasteiger partial charge in [0.25, 0.3) is 0 Å². The molecule has 1 unspecified atom stereocenters. The van der Waals surface area contributed by atoms with Gasteiger partial charge in [0.2, 0.25) is 5.88 Å². The van der Waals surface area contributed by atoms with E-state index >= 15 is 0 Å². The first kappa shape index (κ1) is 30.0. The normalized spacial score (nSPS) is 17.3. The van der Waals surface area contributed by atoms with Crippen LogP contribution in [-0.2, 0) is 33.3 Å². The summed E-state index contributed by atoms with van der Waals surface area (Å²) in [7, 11) is 1.18. The number of carbonyl (C=O) groups is 1. The predicted molar refractivity (Wildman–Crippen MR) is 146 cm³/mol. The molecule has 1 aliphatic heterocycles. The van der Waals surface area contributed by atoms with Crippen LogP contribution in [0.1, 0.15) is 78.5 Å². The molecule has 0 fully saturated rings. The SMILES string of the molecule is COC(=O)C1=C(CSc2nc3c(c(C(F)(F)F)c2C#N)CCCCC3)OC(N)=C(C#N)C1c1ccc(C(C)C)cc1. The summed E-state index contributed by atoms with van der Waals surface area (Å²) in [4.78, 5) is 17.6. The van der Waals surface area contributed by atoms with E-state index in [1.807, 2.05) is 32.0 Å². The lowest BCUT2D eigenvalue weighted by Crippen LogP contribution is -2.26. The van der Waals surface area contributed by atoms with Crippen LogP contribution in [0.4, 0.5) is 13.2 Å². The number of thioether (sulfide) groups is 1. The summed E-state index contributed by atoms with van der Waals surface area (Å²) in [6.45, 7) is 4.07. The number of carbonyl (C=O) groups excluding carboxylic acids is 1. The lowest BCUT2D eigenvalue weighted by Gasteiger charge is -2.28. The molecule has 41 heavy (non-hydrogen) atoms. The largest absolute Gasteiger partial charge is 0.466 e. The van der Waals surface area contributed by atoms with Crippen molar-refractivity contribution in [2.75, 3.05) is 12.9 Å². The minimum Gasteiger partial charge on any atom is -0.466 e. The number of nitrogens with zero attached hydrogens (tertiary/aromatic N) is 3. The van der Waals surface area contributed by atoms with Gasteiger partial charge in [-0.25, -0.2) is 9.78 Å². The predicted octanol–water partition coefficient (Wildman–Crippen LogP) is 6.39. The van der Waals surface area contributed by atoms with E-state index in [1.54, 1.807) is 18.2 Å². The van der Waals surface area contributed by atoms with Gasteiger partial charge in [-0.1, -0.05) is 56.3 Å². The Bertz CT molecular complexity index is 1500. The maximum atomic E-state index is 14.3. The molecule has 0 radical (unpaired) electrons. The fraction of sp³-hybridized carbons (Fsp3) is 0.400. The molecule has 0 saturated carbocycles. The van der Waals surface area contributed by atoms with Crippen LogP contribution < -0.4 is 5.73 Å². The summed E-state index contributed by atoms with van der Waals surface area (Å²) in [5.74, 6) is -1.82. The molecule has 4 rings (SSSR count). The number of nitriles is 2. The number of methoxy groups -OCH3 is 1. The van der Waals surface area contributed by atoms with Crippen molar-refractivity contribution in [1.82, 2.24) is 4.98 Å². The Morgan fingerprint density at radius 2 is 1.85 bits per heavy atom. The highest BCUT2D eigenvalue weighted by Gasteiger charge is 2.41. The number of pyridine rings is 1. The van der Waals surface area contributed by atoms with E-state index in [9.17, 15) is 28.5 Å². The molecule has 0 bridgehead atoms. The molecule has 1 aromatic carbocycles. The molecule has 0 saturated heterocycles. The number of hydrogen-bond acceptors (Lipinski definition) is 8. The zero-order valence-electron chi connectivity index (χ0n) is 22.9. The first-order valence-electron chi connectivity index (χ1n) is 13.2. The number of aryl methyl sites for hydroxylation is 1. The Hall–Kier alpha value is -3.96. The van der Waals surface area contributed by atoms with Gasteiger partial charge >= 0.3 is 12.1 Å². The molecular weight excluding hydrogens is 553 g/mol. The molecule has 0 spiro atoms. The third-order valence-electron chi connectivity index (χ3n) is 7.26. The minimum atomic E-state index is -4.74. The quantitative estimate of drug-likeness (QED) is 0.236. The average molecular weight is 583 g/mol. The van der Waals surface area contributed by atoms with Gasteiger partial charge in [0, 0.05) is 5.69 Å². The van der Waals surface area contributed by atoms with Gasteiger partial charge in [0.05, 0.1) is 35.5 Å². The molecule has 1 aliphatic carbocycles. The lowest BCUT2D eigenvalue weighted by molar-refractivity contribution is -0.139. The monoisotopic (exact) mass is 582 g/mol. The summed E-state index contributed by atoms with van der Waals surface area (Å²) in [5, 5.41) is 19.6. The van der Waals surface area contributed by atoms with E-state index in [2.05, 4.69) is 4.98 Å². The number of alkyl halides is 3. The van der Waals surface area contributed by atoms with Crippen LogP contribution in [0, 0.1) is 22.7 Å². The standard InChI is InChI=1S/C30H29F3N4O3S/c1-16(2)17-9-11-18(12-10-17)24-20(13-34)27(36)40-23(25(24)29(38)39-3)15-41-28-21(14-35)26(30(31,32)33)19-7-5-4-6-8-22(19)37-28/h9-12,16,24H,4-8,15,36H2,1-3H3. The Morgan fingerprint density at radius 3 is 2.44 bits per heavy atom. The van der Waals surface area contributed by atoms with Crippen molar-refractivity contribution < 1.29 is 27.4 Å². The first-order valence-corrected chi connectivity index (χ1v) is 14.1. The molecule has 2 aliphatic rings. The Morgan fingerprint density at radius 1 is 1.17 bits per heavy atom. The van der Waals surface area contributed by atoms with Gasteiger partial charge in [-0.2, -0.15) is 23.7 Å². The Balaban J connectivity index is 1.82. The van der Waals surface area contributed by atoms with Crippen LogP contribution in [0.2, 0.25) is 0 Å². The summed E-state index contributed by atoms with van der Waals surface area (Å²) in [6, 6.07) is 11.1. The maximum Gasteiger partial charge on any atom is 0.418 e. The fourth-order valence-corrected chi connectivity index (χ4v) is 6.16. The second-order valence-electron chi connectivity index (χ2n) is 10.1. The Kier molecular flexibility index (Phi) is 8.98. The van der Waals surface area contributed by atoms with Gasteiger partial charge in [0.15, 0.2) is 0 Å². The van der Waals surface area contributed by atoms with Crippen molar-refractivity contribution in [3.8, 4) is 12.1 Å². The number of nitrogens with two attached hydrogens (primary N) is 1. The van der Waals surface area contributed by atoms with E-state index in [4.69, 9.17) is 15.2 Å². The lowest BCUT2D eigenvalue weighted by atomic mass is 9.82. The third-order valence-corrected chi connectivity index (χ3v) is 8.24. The second kappa shape index (κ2) is 12.3. The molecule has 2 aromatic rings. The number of ether oxygens (including phenoxy) is 2. The third kappa shape index (κ3) is 6.06. The summed E-state index contributed by atoms with van der Waals surface area (Å²) in [6.07, 6.45) is -2.10. The smallest absolute Gasteiger partial charge is 0.418 e. The van der Waals surface area contributed by atoms with Crippen LogP contribution in [0.3, 0.4) is 0 Å². The average Bonchev–Trinajstić information content (AvgIpc) is 3.18. The number of rotatable bonds is 6. The van der Waals surface area contributed by atoms with Crippen LogP contribution in [0.15, 0.2) is 52.1 Å². The van der Waals surface area contributed by atoms with E-state index in [-0.39, 0.29) is 51.5 Å². The Labute approximate surface area is 240 Å². The van der Waals surface area contributed by atoms with E-state index in [0.29, 0.717) is 30.5 Å². The topological polar surface area (TPSA) is 122 Å². The van der Waals surface area contributed by atoms with Crippen LogP contribution in [0.5, 0.6) is 0 Å². The van der Waals surface area contributed by atoms with Crippen molar-refractivity contribution in [1.29, 1.82) is 10.5 Å². The number of hydrogen-bond donors (Lipinski definition) is 1. The zero-order valence-corrected chi connectivity index (χ0v) is 23.7. The van der Waals surface area contributed by atoms with E-state index in [1.165, 1.54) is 7.11 Å². The number of benzene rings is 1. The highest BCUT2D eigenvalue weighted by molar-refractivity contribution is 7.99. The summed E-state index contributed by atoms with van der Waals surface area (Å²) < 4.78 is 53.5. The molecule has 1 atom stereocenters. The highest BCUT2D eigenvalue weighted by atomic mass is 32.2. The second-order valence-corrected chi connectivity index (χ2v) is 11.1. The van der Waals surface area contributed by atoms with Gasteiger partial charge in [-0.3, -0.25) is 0 Å². The molecule has 214 valence electrons. The van der Waals surface area contributed by atoms with Gasteiger partial charge in [0.1, 0.15) is 28.5 Å². The molecular formula is C30H29F3N4O3S. The van der Waals surface area contributed by atoms with Crippen LogP contribution >= 0.6 is 11.8 Å². The molecule has 1 aromatic heterocycles. The number of esters is 1. The van der Waals surface area contributed by atoms with Crippen molar-refractivity contribution in [2.24, 2.45) is 5.73 Å². The maximum absolute atomic E-state index is 14.3. The van der Waals surface area contributed by atoms with E-state index in [0.717, 1.165) is 23.7 Å². The molecule has 11 heteroatoms. The molecule has 2 heterocycles. The number of halogens is 3. The number of aromatic nitrogens is 1. The fourth-order valence-electron chi connectivity index (χ4n) is 5.22. The first-order chi connectivity index (χ1) is 19.5. The zero-order chi connectivity index (χ0) is 29.9. The summed E-state index contributed by atoms with van der Waals surface area (Å²) >= 11 is 0.849. The highest BCUT2D eigenvalue weighted by Crippen LogP contribution is 2.44. The van der Waals surface area contributed by atoms with Gasteiger partial charge < -0.3 is 15.2 Å². The van der Waals surface area contributed by atoms with Crippen LogP contribution in [-0.4, -0.2) is 23.8 Å². The number of fused-ring (bicyclic) bond motifs is 1. The van der Waals surface area contributed by atoms with Gasteiger partial charge in [-0.05, 0) is 48.3 Å². The van der Waals surface area contributed by atoms with Crippen molar-refractivity contribution >= 4 is 17.7 Å². The molecule has 7 nitrogen and oxygen atoms in total.